The van der Waals surface area contributed by atoms with E-state index in [1.54, 1.807) is 24.3 Å². The molecule has 1 aliphatic heterocycles. The molecule has 0 spiro atoms. The Morgan fingerprint density at radius 2 is 2.04 bits per heavy atom. The summed E-state index contributed by atoms with van der Waals surface area (Å²) in [6.45, 7) is -0.119. The molecule has 2 amide bonds. The first-order valence-corrected chi connectivity index (χ1v) is 7.83. The summed E-state index contributed by atoms with van der Waals surface area (Å²) in [4.78, 5) is 23.9. The van der Waals surface area contributed by atoms with Crippen molar-refractivity contribution in [2.75, 3.05) is 17.2 Å². The molecule has 24 heavy (non-hydrogen) atoms. The fourth-order valence-electron chi connectivity index (χ4n) is 2.18. The van der Waals surface area contributed by atoms with Crippen molar-refractivity contribution in [3.05, 3.63) is 48.0 Å². The van der Waals surface area contributed by atoms with Gasteiger partial charge in [0.1, 0.15) is 5.75 Å². The molecule has 2 aromatic carbocycles. The second kappa shape index (κ2) is 6.88. The predicted octanol–water partition coefficient (Wildman–Crippen LogP) is 3.58. The standard InChI is InChI=1S/C16H12F2N2O3S/c17-16(18)24-13-4-2-1-3-11(13)20-15(22)9-5-6-10-12(7-9)23-8-14(21)19-10/h1-7,16H,8H2,(H,19,21)(H,20,22). The molecule has 124 valence electrons. The number of carbonyl (C=O) groups excluding carboxylic acids is 2. The molecular weight excluding hydrogens is 338 g/mol. The molecule has 0 aromatic heterocycles. The van der Waals surface area contributed by atoms with Crippen LogP contribution < -0.4 is 15.4 Å². The molecule has 0 radical (unpaired) electrons. The Hall–Kier alpha value is -2.61. The summed E-state index contributed by atoms with van der Waals surface area (Å²) in [5, 5.41) is 5.24. The second-order valence-corrected chi connectivity index (χ2v) is 5.91. The molecule has 0 unspecified atom stereocenters. The fraction of sp³-hybridized carbons (Fsp3) is 0.125. The van der Waals surface area contributed by atoms with Crippen LogP contribution in [0.4, 0.5) is 20.2 Å². The Kier molecular flexibility index (Phi) is 4.66. The number of ether oxygens (including phenoxy) is 1. The molecule has 0 aliphatic carbocycles. The SMILES string of the molecule is O=C1COc2cc(C(=O)Nc3ccccc3SC(F)F)ccc2N1. The summed E-state index contributed by atoms with van der Waals surface area (Å²) in [5.41, 5.74) is 1.08. The number of fused-ring (bicyclic) bond motifs is 1. The van der Waals surface area contributed by atoms with Gasteiger partial charge in [-0.05, 0) is 30.3 Å². The minimum absolute atomic E-state index is 0.119. The van der Waals surface area contributed by atoms with E-state index >= 15 is 0 Å². The van der Waals surface area contributed by atoms with Gasteiger partial charge in [-0.2, -0.15) is 8.78 Å². The highest BCUT2D eigenvalue weighted by molar-refractivity contribution is 7.99. The van der Waals surface area contributed by atoms with Crippen LogP contribution in [0.15, 0.2) is 47.4 Å². The Morgan fingerprint density at radius 3 is 2.83 bits per heavy atom. The third kappa shape index (κ3) is 3.65. The lowest BCUT2D eigenvalue weighted by molar-refractivity contribution is -0.118. The first-order chi connectivity index (χ1) is 11.5. The van der Waals surface area contributed by atoms with Gasteiger partial charge in [0.2, 0.25) is 0 Å². The maximum Gasteiger partial charge on any atom is 0.288 e. The van der Waals surface area contributed by atoms with E-state index in [1.807, 2.05) is 0 Å². The lowest BCUT2D eigenvalue weighted by atomic mass is 10.1. The summed E-state index contributed by atoms with van der Waals surface area (Å²) >= 11 is 0.365. The van der Waals surface area contributed by atoms with Crippen LogP contribution in [0, 0.1) is 0 Å². The molecular formula is C16H12F2N2O3S. The molecule has 5 nitrogen and oxygen atoms in total. The van der Waals surface area contributed by atoms with E-state index in [0.717, 1.165) is 0 Å². The Bertz CT molecular complexity index is 799. The highest BCUT2D eigenvalue weighted by Gasteiger charge is 2.18. The summed E-state index contributed by atoms with van der Waals surface area (Å²) in [6, 6.07) is 10.9. The van der Waals surface area contributed by atoms with E-state index in [1.165, 1.54) is 18.2 Å². The van der Waals surface area contributed by atoms with Gasteiger partial charge in [-0.1, -0.05) is 23.9 Å². The van der Waals surface area contributed by atoms with Crippen molar-refractivity contribution in [2.45, 2.75) is 10.7 Å². The number of carbonyl (C=O) groups is 2. The number of alkyl halides is 2. The molecule has 1 aliphatic rings. The van der Waals surface area contributed by atoms with Crippen LogP contribution >= 0.6 is 11.8 Å². The zero-order chi connectivity index (χ0) is 17.1. The number of nitrogens with one attached hydrogen (secondary N) is 2. The Balaban J connectivity index is 1.80. The number of anilines is 2. The molecule has 0 saturated heterocycles. The predicted molar refractivity (Wildman–Crippen MR) is 86.8 cm³/mol. The van der Waals surface area contributed by atoms with Gasteiger partial charge in [-0.3, -0.25) is 9.59 Å². The van der Waals surface area contributed by atoms with Crippen LogP contribution in [-0.4, -0.2) is 24.2 Å². The first-order valence-electron chi connectivity index (χ1n) is 6.95. The largest absolute Gasteiger partial charge is 0.482 e. The summed E-state index contributed by atoms with van der Waals surface area (Å²) in [7, 11) is 0. The van der Waals surface area contributed by atoms with Crippen LogP contribution in [0.1, 0.15) is 10.4 Å². The maximum absolute atomic E-state index is 12.6. The van der Waals surface area contributed by atoms with E-state index in [2.05, 4.69) is 10.6 Å². The van der Waals surface area contributed by atoms with Crippen LogP contribution in [0.25, 0.3) is 0 Å². The van der Waals surface area contributed by atoms with E-state index in [9.17, 15) is 18.4 Å². The molecule has 0 fully saturated rings. The van der Waals surface area contributed by atoms with E-state index in [-0.39, 0.29) is 17.4 Å². The maximum atomic E-state index is 12.6. The quantitative estimate of drug-likeness (QED) is 0.827. The number of amides is 2. The number of para-hydroxylation sites is 1. The lowest BCUT2D eigenvalue weighted by Crippen LogP contribution is -2.25. The van der Waals surface area contributed by atoms with Gasteiger partial charge in [0.05, 0.1) is 11.4 Å². The van der Waals surface area contributed by atoms with Crippen LogP contribution in [0.5, 0.6) is 5.75 Å². The Morgan fingerprint density at radius 1 is 1.25 bits per heavy atom. The molecule has 1 heterocycles. The number of thioether (sulfide) groups is 1. The van der Waals surface area contributed by atoms with Crippen molar-refractivity contribution in [1.29, 1.82) is 0 Å². The monoisotopic (exact) mass is 350 g/mol. The van der Waals surface area contributed by atoms with Gasteiger partial charge in [0.25, 0.3) is 17.6 Å². The molecule has 2 aromatic rings. The molecule has 0 bridgehead atoms. The smallest absolute Gasteiger partial charge is 0.288 e. The van der Waals surface area contributed by atoms with Gasteiger partial charge in [0.15, 0.2) is 6.61 Å². The van der Waals surface area contributed by atoms with Gasteiger partial charge >= 0.3 is 0 Å². The number of halogens is 2. The summed E-state index contributed by atoms with van der Waals surface area (Å²) in [5.74, 6) is -2.92. The summed E-state index contributed by atoms with van der Waals surface area (Å²) in [6.07, 6.45) is 0. The third-order valence-electron chi connectivity index (χ3n) is 3.23. The van der Waals surface area contributed by atoms with Crippen molar-refractivity contribution in [3.8, 4) is 5.75 Å². The van der Waals surface area contributed by atoms with Crippen molar-refractivity contribution in [2.24, 2.45) is 0 Å². The fourth-order valence-corrected chi connectivity index (χ4v) is 2.77. The average Bonchev–Trinajstić information content (AvgIpc) is 2.55. The second-order valence-electron chi connectivity index (χ2n) is 4.88. The van der Waals surface area contributed by atoms with Gasteiger partial charge in [-0.15, -0.1) is 0 Å². The van der Waals surface area contributed by atoms with Crippen LogP contribution in [0.2, 0.25) is 0 Å². The van der Waals surface area contributed by atoms with E-state index in [4.69, 9.17) is 4.74 Å². The van der Waals surface area contributed by atoms with Crippen molar-refractivity contribution >= 4 is 35.0 Å². The molecule has 0 saturated carbocycles. The van der Waals surface area contributed by atoms with Gasteiger partial charge in [-0.25, -0.2) is 0 Å². The average molecular weight is 350 g/mol. The number of benzene rings is 2. The van der Waals surface area contributed by atoms with Crippen molar-refractivity contribution in [3.63, 3.8) is 0 Å². The highest BCUT2D eigenvalue weighted by Crippen LogP contribution is 2.33. The minimum Gasteiger partial charge on any atom is -0.482 e. The van der Waals surface area contributed by atoms with E-state index in [0.29, 0.717) is 34.4 Å². The molecule has 2 N–H and O–H groups in total. The first kappa shape index (κ1) is 16.3. The normalized spacial score (nSPS) is 13.0. The van der Waals surface area contributed by atoms with Gasteiger partial charge < -0.3 is 15.4 Å². The third-order valence-corrected chi connectivity index (χ3v) is 4.02. The zero-order valence-corrected chi connectivity index (χ0v) is 13.0. The van der Waals surface area contributed by atoms with Crippen LogP contribution in [0.3, 0.4) is 0 Å². The number of hydrogen-bond donors (Lipinski definition) is 2. The van der Waals surface area contributed by atoms with Crippen molar-refractivity contribution < 1.29 is 23.1 Å². The zero-order valence-electron chi connectivity index (χ0n) is 12.2. The molecule has 0 atom stereocenters. The minimum atomic E-state index is -2.58. The number of hydrogen-bond acceptors (Lipinski definition) is 4. The molecule has 8 heteroatoms. The number of rotatable bonds is 4. The van der Waals surface area contributed by atoms with E-state index < -0.39 is 11.7 Å². The highest BCUT2D eigenvalue weighted by atomic mass is 32.2. The summed E-state index contributed by atoms with van der Waals surface area (Å²) < 4.78 is 30.4. The topological polar surface area (TPSA) is 67.4 Å². The Labute approximate surface area is 140 Å². The lowest BCUT2D eigenvalue weighted by Gasteiger charge is -2.18. The van der Waals surface area contributed by atoms with Gasteiger partial charge in [0, 0.05) is 10.5 Å². The molecule has 3 rings (SSSR count). The van der Waals surface area contributed by atoms with Crippen molar-refractivity contribution in [1.82, 2.24) is 0 Å². The van der Waals surface area contributed by atoms with Crippen LogP contribution in [-0.2, 0) is 4.79 Å².